The van der Waals surface area contributed by atoms with Crippen LogP contribution >= 0.6 is 15.9 Å². The number of hydrogen-bond acceptors (Lipinski definition) is 9. The Labute approximate surface area is 248 Å². The maximum Gasteiger partial charge on any atom is 0.306 e. The normalized spacial score (nSPS) is 15.9. The molecule has 1 aliphatic rings. The predicted molar refractivity (Wildman–Crippen MR) is 159 cm³/mol. The molecule has 1 heterocycles. The van der Waals surface area contributed by atoms with Crippen molar-refractivity contribution in [2.75, 3.05) is 26.2 Å². The van der Waals surface area contributed by atoms with E-state index in [9.17, 15) is 29.7 Å². The number of aromatic hydroxyl groups is 2. The van der Waals surface area contributed by atoms with Gasteiger partial charge < -0.3 is 30.7 Å². The number of esters is 1. The van der Waals surface area contributed by atoms with Crippen LogP contribution in [0.5, 0.6) is 11.5 Å². The molecular formula is C30H38BrN3O7. The molecule has 222 valence electrons. The Morgan fingerprint density at radius 2 is 1.88 bits per heavy atom. The zero-order valence-electron chi connectivity index (χ0n) is 23.8. The summed E-state index contributed by atoms with van der Waals surface area (Å²) in [5.74, 6) is -1.51. The maximum absolute atomic E-state index is 13.0. The fourth-order valence-corrected chi connectivity index (χ4v) is 5.11. The van der Waals surface area contributed by atoms with Crippen molar-refractivity contribution in [2.45, 2.75) is 64.4 Å². The van der Waals surface area contributed by atoms with Crippen LogP contribution < -0.4 is 10.6 Å². The lowest BCUT2D eigenvalue weighted by atomic mass is 9.81. The van der Waals surface area contributed by atoms with Crippen LogP contribution in [0, 0.1) is 0 Å². The summed E-state index contributed by atoms with van der Waals surface area (Å²) < 4.78 is 5.82. The van der Waals surface area contributed by atoms with Gasteiger partial charge in [-0.15, -0.1) is 0 Å². The summed E-state index contributed by atoms with van der Waals surface area (Å²) in [5, 5.41) is 36.5. The second-order valence-electron chi connectivity index (χ2n) is 11.2. The Kier molecular flexibility index (Phi) is 10.9. The van der Waals surface area contributed by atoms with E-state index in [1.165, 1.54) is 12.1 Å². The minimum Gasteiger partial charge on any atom is -0.508 e. The SMILES string of the molecule is CCOC(=O)C[C@H](CC(=O)CNC(=O)c1cc(O)cc(CC2=NCC(O)CN2)c1)c1cc(Br)cc(C(C)(C)C)c1O. The van der Waals surface area contributed by atoms with E-state index in [0.29, 0.717) is 40.0 Å². The molecular weight excluding hydrogens is 594 g/mol. The molecule has 2 aromatic carbocycles. The third-order valence-corrected chi connectivity index (χ3v) is 7.09. The zero-order chi connectivity index (χ0) is 30.3. The Hall–Kier alpha value is -3.44. The van der Waals surface area contributed by atoms with E-state index in [4.69, 9.17) is 4.74 Å². The number of benzene rings is 2. The Balaban J connectivity index is 1.73. The average Bonchev–Trinajstić information content (AvgIpc) is 2.88. The molecule has 0 bridgehead atoms. The molecule has 2 aromatic rings. The summed E-state index contributed by atoms with van der Waals surface area (Å²) in [6.45, 7) is 8.09. The largest absolute Gasteiger partial charge is 0.508 e. The van der Waals surface area contributed by atoms with Gasteiger partial charge in [-0.2, -0.15) is 0 Å². The highest BCUT2D eigenvalue weighted by molar-refractivity contribution is 9.10. The van der Waals surface area contributed by atoms with Crippen molar-refractivity contribution >= 4 is 39.4 Å². The molecule has 0 spiro atoms. The fourth-order valence-electron chi connectivity index (χ4n) is 4.63. The van der Waals surface area contributed by atoms with Crippen molar-refractivity contribution in [3.8, 4) is 11.5 Å². The first-order valence-corrected chi connectivity index (χ1v) is 14.3. The number of amides is 1. The number of amidine groups is 1. The lowest BCUT2D eigenvalue weighted by Gasteiger charge is -2.25. The number of halogens is 1. The number of ether oxygens (including phenoxy) is 1. The van der Waals surface area contributed by atoms with Crippen LogP contribution in [-0.2, 0) is 26.2 Å². The van der Waals surface area contributed by atoms with Crippen molar-refractivity contribution in [3.05, 3.63) is 57.1 Å². The highest BCUT2D eigenvalue weighted by Crippen LogP contribution is 2.41. The summed E-state index contributed by atoms with van der Waals surface area (Å²) in [5.41, 5.74) is 1.53. The fraction of sp³-hybridized carbons (Fsp3) is 0.467. The molecule has 1 aliphatic heterocycles. The number of Topliss-reactive ketones (excluding diaryl/α,β-unsaturated/α-hetero) is 1. The summed E-state index contributed by atoms with van der Waals surface area (Å²) in [7, 11) is 0. The number of phenolic OH excluding ortho intramolecular Hbond substituents is 2. The van der Waals surface area contributed by atoms with Gasteiger partial charge in [0, 0.05) is 40.9 Å². The Bertz CT molecular complexity index is 1320. The second kappa shape index (κ2) is 14.0. The maximum atomic E-state index is 13.0. The summed E-state index contributed by atoms with van der Waals surface area (Å²) in [6, 6.07) is 7.94. The number of ketones is 1. The van der Waals surface area contributed by atoms with Crippen molar-refractivity contribution in [3.63, 3.8) is 0 Å². The molecule has 10 nitrogen and oxygen atoms in total. The molecule has 0 saturated heterocycles. The van der Waals surface area contributed by atoms with Crippen LogP contribution in [0.2, 0.25) is 0 Å². The number of aliphatic imine (C=N–C) groups is 1. The summed E-state index contributed by atoms with van der Waals surface area (Å²) in [4.78, 5) is 42.6. The number of β-amino-alcohol motifs (C(OH)–C–C–N with tert-alkyl or cyclic N) is 1. The van der Waals surface area contributed by atoms with E-state index >= 15 is 0 Å². The van der Waals surface area contributed by atoms with Gasteiger partial charge in [0.1, 0.15) is 17.3 Å². The highest BCUT2D eigenvalue weighted by Gasteiger charge is 2.28. The first kappa shape index (κ1) is 32.1. The van der Waals surface area contributed by atoms with Gasteiger partial charge in [-0.1, -0.05) is 36.7 Å². The molecule has 0 fully saturated rings. The number of aliphatic hydroxyl groups excluding tert-OH is 1. The van der Waals surface area contributed by atoms with Crippen LogP contribution in [0.15, 0.2) is 39.8 Å². The van der Waals surface area contributed by atoms with Gasteiger partial charge in [0.2, 0.25) is 0 Å². The molecule has 0 radical (unpaired) electrons. The molecule has 41 heavy (non-hydrogen) atoms. The number of carbonyl (C=O) groups excluding carboxylic acids is 3. The molecule has 1 amide bonds. The summed E-state index contributed by atoms with van der Waals surface area (Å²) in [6.07, 6.45) is -0.448. The second-order valence-corrected chi connectivity index (χ2v) is 12.1. The third-order valence-electron chi connectivity index (χ3n) is 6.64. The van der Waals surface area contributed by atoms with Gasteiger partial charge in [-0.25, -0.2) is 0 Å². The van der Waals surface area contributed by atoms with Gasteiger partial charge in [-0.3, -0.25) is 19.4 Å². The van der Waals surface area contributed by atoms with E-state index in [1.54, 1.807) is 19.1 Å². The monoisotopic (exact) mass is 631 g/mol. The number of phenols is 2. The number of nitrogens with zero attached hydrogens (tertiary/aromatic N) is 1. The van der Waals surface area contributed by atoms with Crippen LogP contribution in [0.4, 0.5) is 0 Å². The molecule has 1 unspecified atom stereocenters. The topological polar surface area (TPSA) is 158 Å². The minimum absolute atomic E-state index is 0.0192. The number of carbonyl (C=O) groups is 3. The van der Waals surface area contributed by atoms with Crippen LogP contribution in [0.3, 0.4) is 0 Å². The number of nitrogens with one attached hydrogen (secondary N) is 2. The standard InChI is InChI=1S/C30H38BrN3O7/c1-5-41-27(38)11-18(24-12-20(31)13-25(28(24)39)30(2,3)4)9-22(36)14-34-29(40)19-6-17(7-21(35)10-19)8-26-32-15-23(37)16-33-26/h6-7,10,12-13,18,23,35,37,39H,5,8-9,11,14-16H2,1-4H3,(H,32,33)(H,34,40)/t18-/m0/s1. The minimum atomic E-state index is -0.674. The first-order valence-electron chi connectivity index (χ1n) is 13.5. The van der Waals surface area contributed by atoms with Crippen molar-refractivity contribution < 1.29 is 34.4 Å². The molecule has 5 N–H and O–H groups in total. The van der Waals surface area contributed by atoms with Gasteiger partial charge >= 0.3 is 5.97 Å². The molecule has 2 atom stereocenters. The lowest BCUT2D eigenvalue weighted by Crippen LogP contribution is -2.39. The van der Waals surface area contributed by atoms with Crippen LogP contribution in [0.1, 0.15) is 73.5 Å². The Morgan fingerprint density at radius 3 is 2.51 bits per heavy atom. The highest BCUT2D eigenvalue weighted by atomic mass is 79.9. The molecule has 3 rings (SSSR count). The summed E-state index contributed by atoms with van der Waals surface area (Å²) >= 11 is 3.48. The smallest absolute Gasteiger partial charge is 0.306 e. The lowest BCUT2D eigenvalue weighted by molar-refractivity contribution is -0.143. The zero-order valence-corrected chi connectivity index (χ0v) is 25.4. The van der Waals surface area contributed by atoms with Crippen molar-refractivity contribution in [2.24, 2.45) is 4.99 Å². The molecule has 11 heteroatoms. The Morgan fingerprint density at radius 1 is 1.15 bits per heavy atom. The quantitative estimate of drug-likeness (QED) is 0.236. The van der Waals surface area contributed by atoms with Gasteiger partial charge in [-0.05, 0) is 53.8 Å². The van der Waals surface area contributed by atoms with E-state index in [-0.39, 0.29) is 55.4 Å². The van der Waals surface area contributed by atoms with Crippen LogP contribution in [-0.4, -0.2) is 71.2 Å². The molecule has 0 aromatic heterocycles. The van der Waals surface area contributed by atoms with E-state index in [0.717, 1.165) is 0 Å². The molecule has 0 aliphatic carbocycles. The van der Waals surface area contributed by atoms with Gasteiger partial charge in [0.05, 0.1) is 32.2 Å². The van der Waals surface area contributed by atoms with E-state index in [1.807, 2.05) is 26.8 Å². The number of aliphatic hydroxyl groups is 1. The van der Waals surface area contributed by atoms with Crippen molar-refractivity contribution in [1.29, 1.82) is 0 Å². The first-order chi connectivity index (χ1) is 19.3. The molecule has 0 saturated carbocycles. The van der Waals surface area contributed by atoms with Crippen molar-refractivity contribution in [1.82, 2.24) is 10.6 Å². The van der Waals surface area contributed by atoms with Gasteiger partial charge in [0.25, 0.3) is 5.91 Å². The average molecular weight is 633 g/mol. The van der Waals surface area contributed by atoms with Gasteiger partial charge in [0.15, 0.2) is 5.78 Å². The van der Waals surface area contributed by atoms with E-state index < -0.39 is 29.3 Å². The van der Waals surface area contributed by atoms with E-state index in [2.05, 4.69) is 31.6 Å². The van der Waals surface area contributed by atoms with Crippen LogP contribution in [0.25, 0.3) is 0 Å². The third kappa shape index (κ3) is 9.29. The number of rotatable bonds is 11. The number of hydrogen-bond donors (Lipinski definition) is 5. The predicted octanol–water partition coefficient (Wildman–Crippen LogP) is 3.49.